The Labute approximate surface area is 77.1 Å². The summed E-state index contributed by atoms with van der Waals surface area (Å²) in [6.45, 7) is 3.63. The highest BCUT2D eigenvalue weighted by atomic mass is 17.2. The molecule has 0 N–H and O–H groups in total. The second-order valence-electron chi connectivity index (χ2n) is 3.39. The zero-order valence-electron chi connectivity index (χ0n) is 7.96. The van der Waals surface area contributed by atoms with Crippen molar-refractivity contribution < 1.29 is 19.4 Å². The minimum Gasteiger partial charge on any atom is -0.298 e. The van der Waals surface area contributed by atoms with Gasteiger partial charge in [-0.15, -0.1) is 0 Å². The summed E-state index contributed by atoms with van der Waals surface area (Å²) >= 11 is 0. The lowest BCUT2D eigenvalue weighted by Gasteiger charge is -2.17. The van der Waals surface area contributed by atoms with E-state index < -0.39 is 11.4 Å². The van der Waals surface area contributed by atoms with Gasteiger partial charge < -0.3 is 0 Å². The number of hydrogen-bond acceptors (Lipinski definition) is 4. The quantitative estimate of drug-likeness (QED) is 0.378. The van der Waals surface area contributed by atoms with Crippen LogP contribution in [-0.2, 0) is 19.4 Å². The minimum absolute atomic E-state index is 0.0443. The standard InChI is InChI=1S/C9H14O4/c1-3-12-13-8(11)9(2)6-4-5-7(9)10/h3-6H2,1-2H3/t9-/m1/s1. The Balaban J connectivity index is 2.58. The van der Waals surface area contributed by atoms with Gasteiger partial charge in [0.05, 0.1) is 6.61 Å². The molecule has 13 heavy (non-hydrogen) atoms. The van der Waals surface area contributed by atoms with Crippen LogP contribution in [-0.4, -0.2) is 18.4 Å². The van der Waals surface area contributed by atoms with E-state index in [4.69, 9.17) is 0 Å². The normalized spacial score (nSPS) is 27.7. The molecule has 74 valence electrons. The van der Waals surface area contributed by atoms with Gasteiger partial charge in [-0.05, 0) is 26.7 Å². The van der Waals surface area contributed by atoms with Gasteiger partial charge >= 0.3 is 5.97 Å². The summed E-state index contributed by atoms with van der Waals surface area (Å²) in [6, 6.07) is 0. The molecule has 1 aliphatic rings. The fourth-order valence-corrected chi connectivity index (χ4v) is 1.44. The van der Waals surface area contributed by atoms with Crippen molar-refractivity contribution in [2.75, 3.05) is 6.61 Å². The summed E-state index contributed by atoms with van der Waals surface area (Å²) in [5, 5.41) is 0. The monoisotopic (exact) mass is 186 g/mol. The molecular formula is C9H14O4. The number of rotatable bonds is 3. The Hall–Kier alpha value is -0.900. The summed E-state index contributed by atoms with van der Waals surface area (Å²) in [5.74, 6) is -0.603. The highest BCUT2D eigenvalue weighted by molar-refractivity contribution is 6.04. The summed E-state index contributed by atoms with van der Waals surface area (Å²) in [6.07, 6.45) is 1.80. The molecule has 0 aromatic rings. The molecule has 1 fully saturated rings. The van der Waals surface area contributed by atoms with Crippen LogP contribution in [0.3, 0.4) is 0 Å². The van der Waals surface area contributed by atoms with Crippen molar-refractivity contribution in [3.63, 3.8) is 0 Å². The molecule has 1 atom stereocenters. The van der Waals surface area contributed by atoms with Crippen molar-refractivity contribution in [2.24, 2.45) is 5.41 Å². The van der Waals surface area contributed by atoms with Crippen LogP contribution in [0.1, 0.15) is 33.1 Å². The molecule has 0 spiro atoms. The molecular weight excluding hydrogens is 172 g/mol. The Morgan fingerprint density at radius 2 is 2.31 bits per heavy atom. The van der Waals surface area contributed by atoms with E-state index in [9.17, 15) is 9.59 Å². The molecule has 1 aliphatic carbocycles. The Kier molecular flexibility index (Phi) is 3.03. The molecule has 0 aromatic heterocycles. The Morgan fingerprint density at radius 1 is 1.62 bits per heavy atom. The largest absolute Gasteiger partial charge is 0.355 e. The minimum atomic E-state index is -0.963. The summed E-state index contributed by atoms with van der Waals surface area (Å²) in [7, 11) is 0. The predicted molar refractivity (Wildman–Crippen MR) is 44.7 cm³/mol. The van der Waals surface area contributed by atoms with E-state index in [0.717, 1.165) is 6.42 Å². The average molecular weight is 186 g/mol. The van der Waals surface area contributed by atoms with Gasteiger partial charge in [0.15, 0.2) is 0 Å². The van der Waals surface area contributed by atoms with Gasteiger partial charge in [0.1, 0.15) is 11.2 Å². The first kappa shape index (κ1) is 10.2. The van der Waals surface area contributed by atoms with E-state index in [1.54, 1.807) is 13.8 Å². The molecule has 4 nitrogen and oxygen atoms in total. The molecule has 0 saturated heterocycles. The number of hydrogen-bond donors (Lipinski definition) is 0. The van der Waals surface area contributed by atoms with Crippen LogP contribution in [0.25, 0.3) is 0 Å². The van der Waals surface area contributed by atoms with Gasteiger partial charge in [0.25, 0.3) is 0 Å². The van der Waals surface area contributed by atoms with Crippen LogP contribution in [0.15, 0.2) is 0 Å². The lowest BCUT2D eigenvalue weighted by Crippen LogP contribution is -2.33. The number of Topliss-reactive ketones (excluding diaryl/α,β-unsaturated/α-hetero) is 1. The van der Waals surface area contributed by atoms with E-state index in [0.29, 0.717) is 19.4 Å². The molecule has 0 unspecified atom stereocenters. The SMILES string of the molecule is CCOOC(=O)[C@]1(C)CCCC1=O. The number of carbonyl (C=O) groups is 2. The fraction of sp³-hybridized carbons (Fsp3) is 0.778. The molecule has 0 bridgehead atoms. The molecule has 0 radical (unpaired) electrons. The summed E-state index contributed by atoms with van der Waals surface area (Å²) < 4.78 is 0. The first-order valence-electron chi connectivity index (χ1n) is 4.48. The molecule has 0 aromatic carbocycles. The maximum atomic E-state index is 11.4. The van der Waals surface area contributed by atoms with Crippen molar-refractivity contribution >= 4 is 11.8 Å². The van der Waals surface area contributed by atoms with Crippen LogP contribution in [0.4, 0.5) is 0 Å². The first-order chi connectivity index (χ1) is 6.11. The van der Waals surface area contributed by atoms with Crippen molar-refractivity contribution in [3.05, 3.63) is 0 Å². The van der Waals surface area contributed by atoms with E-state index in [2.05, 4.69) is 9.78 Å². The summed E-state index contributed by atoms with van der Waals surface area (Å²) in [5.41, 5.74) is -0.963. The third kappa shape index (κ3) is 1.88. The van der Waals surface area contributed by atoms with Crippen molar-refractivity contribution in [3.8, 4) is 0 Å². The first-order valence-corrected chi connectivity index (χ1v) is 4.48. The van der Waals surface area contributed by atoms with Crippen LogP contribution < -0.4 is 0 Å². The summed E-state index contributed by atoms with van der Waals surface area (Å²) in [4.78, 5) is 31.7. The van der Waals surface area contributed by atoms with Gasteiger partial charge in [-0.3, -0.25) is 9.68 Å². The maximum Gasteiger partial charge on any atom is 0.355 e. The predicted octanol–water partition coefficient (Wildman–Crippen LogP) is 1.24. The molecule has 4 heteroatoms. The highest BCUT2D eigenvalue weighted by Crippen LogP contribution is 2.35. The van der Waals surface area contributed by atoms with E-state index in [1.165, 1.54) is 0 Å². The highest BCUT2D eigenvalue weighted by Gasteiger charge is 2.46. The van der Waals surface area contributed by atoms with Gasteiger partial charge in [-0.2, -0.15) is 4.89 Å². The van der Waals surface area contributed by atoms with Crippen LogP contribution in [0.2, 0.25) is 0 Å². The third-order valence-electron chi connectivity index (χ3n) is 2.40. The zero-order chi connectivity index (χ0) is 9.90. The molecule has 1 rings (SSSR count). The van der Waals surface area contributed by atoms with E-state index in [1.807, 2.05) is 0 Å². The second-order valence-corrected chi connectivity index (χ2v) is 3.39. The van der Waals surface area contributed by atoms with Crippen molar-refractivity contribution in [2.45, 2.75) is 33.1 Å². The Bertz CT molecular complexity index is 224. The second kappa shape index (κ2) is 3.87. The van der Waals surface area contributed by atoms with Crippen molar-refractivity contribution in [1.82, 2.24) is 0 Å². The molecule has 0 aliphatic heterocycles. The lowest BCUT2D eigenvalue weighted by atomic mass is 9.88. The lowest BCUT2D eigenvalue weighted by molar-refractivity contribution is -0.276. The fourth-order valence-electron chi connectivity index (χ4n) is 1.44. The van der Waals surface area contributed by atoms with Gasteiger partial charge in [0, 0.05) is 6.42 Å². The molecule has 1 saturated carbocycles. The van der Waals surface area contributed by atoms with Gasteiger partial charge in [0.2, 0.25) is 0 Å². The van der Waals surface area contributed by atoms with Gasteiger partial charge in [-0.25, -0.2) is 4.79 Å². The Morgan fingerprint density at radius 3 is 2.77 bits per heavy atom. The maximum absolute atomic E-state index is 11.4. The van der Waals surface area contributed by atoms with E-state index >= 15 is 0 Å². The number of ketones is 1. The van der Waals surface area contributed by atoms with Crippen LogP contribution >= 0.6 is 0 Å². The van der Waals surface area contributed by atoms with Crippen molar-refractivity contribution in [1.29, 1.82) is 0 Å². The number of carbonyl (C=O) groups excluding carboxylic acids is 2. The van der Waals surface area contributed by atoms with E-state index in [-0.39, 0.29) is 5.78 Å². The average Bonchev–Trinajstić information content (AvgIpc) is 2.44. The third-order valence-corrected chi connectivity index (χ3v) is 2.40. The van der Waals surface area contributed by atoms with Crippen LogP contribution in [0.5, 0.6) is 0 Å². The van der Waals surface area contributed by atoms with Crippen LogP contribution in [0, 0.1) is 5.41 Å². The zero-order valence-corrected chi connectivity index (χ0v) is 7.96. The smallest absolute Gasteiger partial charge is 0.298 e. The topological polar surface area (TPSA) is 52.6 Å². The van der Waals surface area contributed by atoms with Gasteiger partial charge in [-0.1, -0.05) is 0 Å². The molecule has 0 amide bonds. The molecule has 0 heterocycles.